The standard InChI is InChI=1S/3C36H22N2/c37-21-24-18-30(23-38-22-24)25-14-16-27(17-15-25)36-32-13-7-6-12-31(32)35(26-8-2-1-3-9-26)33-19-28-10-4-5-11-29(28)20-34(33)36;37-23-24-18-19-38-34(20-24)25-14-16-27(17-15-25)36-31-13-7-6-12-30(31)35(26-8-2-1-3-9-26)32-21-28-10-4-5-11-29(28)22-33(32)36;37-23-30-20-29(18-19-38-30)24-14-16-26(17-15-24)36-32-13-7-6-12-31(32)35(25-8-2-1-3-9-25)33-21-27-10-4-5-11-28(27)22-34(33)36/h1-20,22-23H;2*1-22H. The zero-order chi connectivity index (χ0) is 76.4. The van der Waals surface area contributed by atoms with Gasteiger partial charge < -0.3 is 0 Å². The molecular formula is C108H66N6. The molecule has 3 aromatic heterocycles. The zero-order valence-corrected chi connectivity index (χ0v) is 61.8. The molecule has 528 valence electrons. The van der Waals surface area contributed by atoms with Crippen LogP contribution in [-0.4, -0.2) is 15.0 Å². The van der Waals surface area contributed by atoms with Crippen molar-refractivity contribution in [2.45, 2.75) is 0 Å². The monoisotopic (exact) mass is 1450 g/mol. The summed E-state index contributed by atoms with van der Waals surface area (Å²) in [6.45, 7) is 0. The third-order valence-electron chi connectivity index (χ3n) is 22.0. The molecule has 6 heteroatoms. The predicted octanol–water partition coefficient (Wildman–Crippen LogP) is 28.2. The fourth-order valence-electron chi connectivity index (χ4n) is 16.7. The lowest BCUT2D eigenvalue weighted by atomic mass is 9.84. The maximum absolute atomic E-state index is 9.31. The van der Waals surface area contributed by atoms with Crippen molar-refractivity contribution in [1.29, 1.82) is 15.8 Å². The second kappa shape index (κ2) is 30.0. The van der Waals surface area contributed by atoms with E-state index in [4.69, 9.17) is 0 Å². The van der Waals surface area contributed by atoms with Crippen LogP contribution in [0.3, 0.4) is 0 Å². The summed E-state index contributed by atoms with van der Waals surface area (Å²) in [5, 5.41) is 50.1. The van der Waals surface area contributed by atoms with Crippen LogP contribution in [0, 0.1) is 34.0 Å². The van der Waals surface area contributed by atoms with Crippen LogP contribution in [0.15, 0.2) is 401 Å². The van der Waals surface area contributed by atoms with E-state index in [0.717, 1.165) is 44.6 Å². The fourth-order valence-corrected chi connectivity index (χ4v) is 16.7. The Kier molecular flexibility index (Phi) is 18.1. The first-order chi connectivity index (χ1) is 56.4. The van der Waals surface area contributed by atoms with Gasteiger partial charge in [-0.25, -0.2) is 4.98 Å². The van der Waals surface area contributed by atoms with Crippen molar-refractivity contribution < 1.29 is 0 Å². The zero-order valence-electron chi connectivity index (χ0n) is 61.8. The Balaban J connectivity index is 0.000000115. The van der Waals surface area contributed by atoms with E-state index in [-0.39, 0.29) is 0 Å². The van der Waals surface area contributed by atoms with E-state index < -0.39 is 0 Å². The van der Waals surface area contributed by atoms with E-state index >= 15 is 0 Å². The lowest BCUT2D eigenvalue weighted by molar-refractivity contribution is 1.26. The molecule has 0 aliphatic carbocycles. The molecule has 21 rings (SSSR count). The van der Waals surface area contributed by atoms with E-state index in [1.807, 2.05) is 24.3 Å². The summed E-state index contributed by atoms with van der Waals surface area (Å²) in [6.07, 6.45) is 6.78. The molecule has 0 amide bonds. The molecule has 114 heavy (non-hydrogen) atoms. The van der Waals surface area contributed by atoms with Gasteiger partial charge in [0.05, 0.1) is 22.9 Å². The number of fused-ring (bicyclic) bond motifs is 9. The van der Waals surface area contributed by atoms with Gasteiger partial charge in [-0.3, -0.25) is 9.97 Å². The molecule has 21 aromatic rings. The van der Waals surface area contributed by atoms with E-state index in [1.54, 1.807) is 30.9 Å². The minimum atomic E-state index is 0.423. The number of benzene rings is 18. The van der Waals surface area contributed by atoms with Gasteiger partial charge in [0.15, 0.2) is 0 Å². The number of nitriles is 3. The van der Waals surface area contributed by atoms with Gasteiger partial charge in [0.1, 0.15) is 17.8 Å². The number of pyridine rings is 3. The Morgan fingerprint density at radius 2 is 0.474 bits per heavy atom. The molecule has 0 atom stereocenters. The number of aromatic nitrogens is 3. The fraction of sp³-hybridized carbons (Fsp3) is 0. The molecule has 0 aliphatic rings. The summed E-state index contributed by atoms with van der Waals surface area (Å²) >= 11 is 0. The summed E-state index contributed by atoms with van der Waals surface area (Å²) in [5.74, 6) is 0. The van der Waals surface area contributed by atoms with Crippen LogP contribution in [0.25, 0.3) is 197 Å². The molecule has 0 bridgehead atoms. The van der Waals surface area contributed by atoms with Gasteiger partial charge >= 0.3 is 0 Å². The molecule has 6 nitrogen and oxygen atoms in total. The second-order valence-corrected chi connectivity index (χ2v) is 28.6. The van der Waals surface area contributed by atoms with Crippen LogP contribution in [0.1, 0.15) is 16.8 Å². The average molecular weight is 1450 g/mol. The summed E-state index contributed by atoms with van der Waals surface area (Å²) in [7, 11) is 0. The first-order valence-corrected chi connectivity index (χ1v) is 38.1. The average Bonchev–Trinajstić information content (AvgIpc) is 0.737. The van der Waals surface area contributed by atoms with Crippen molar-refractivity contribution in [3.8, 4) is 118 Å². The van der Waals surface area contributed by atoms with Gasteiger partial charge in [-0.05, 0) is 247 Å². The Morgan fingerprint density at radius 1 is 0.184 bits per heavy atom. The largest absolute Gasteiger partial charge is 0.263 e. The molecule has 0 saturated carbocycles. The van der Waals surface area contributed by atoms with Crippen LogP contribution in [0.2, 0.25) is 0 Å². The molecule has 0 unspecified atom stereocenters. The first kappa shape index (κ1) is 68.7. The normalized spacial score (nSPS) is 11.1. The van der Waals surface area contributed by atoms with Gasteiger partial charge in [0.2, 0.25) is 0 Å². The van der Waals surface area contributed by atoms with E-state index in [1.165, 1.54) is 153 Å². The minimum absolute atomic E-state index is 0.423. The number of nitrogens with zero attached hydrogens (tertiary/aromatic N) is 6. The van der Waals surface area contributed by atoms with Crippen molar-refractivity contribution in [3.63, 3.8) is 0 Å². The summed E-state index contributed by atoms with van der Waals surface area (Å²) in [6, 6.07) is 140. The van der Waals surface area contributed by atoms with Crippen molar-refractivity contribution >= 4 is 97.0 Å². The van der Waals surface area contributed by atoms with Crippen LogP contribution in [0.4, 0.5) is 0 Å². The Bertz CT molecular complexity index is 6750. The Morgan fingerprint density at radius 3 is 0.807 bits per heavy atom. The molecule has 0 spiro atoms. The van der Waals surface area contributed by atoms with Gasteiger partial charge in [0.25, 0.3) is 0 Å². The summed E-state index contributed by atoms with van der Waals surface area (Å²) < 4.78 is 0. The third kappa shape index (κ3) is 12.9. The van der Waals surface area contributed by atoms with Crippen molar-refractivity contribution in [2.24, 2.45) is 0 Å². The molecule has 0 radical (unpaired) electrons. The molecule has 0 saturated heterocycles. The molecule has 0 N–H and O–H groups in total. The van der Waals surface area contributed by atoms with E-state index in [9.17, 15) is 15.8 Å². The number of hydrogen-bond donors (Lipinski definition) is 0. The molecular weight excluding hydrogens is 1380 g/mol. The quantitative estimate of drug-likeness (QED) is 0.133. The van der Waals surface area contributed by atoms with Gasteiger partial charge in [0, 0.05) is 35.9 Å². The van der Waals surface area contributed by atoms with E-state index in [0.29, 0.717) is 16.8 Å². The maximum atomic E-state index is 9.31. The summed E-state index contributed by atoms with van der Waals surface area (Å²) in [5.41, 5.74) is 22.1. The lowest BCUT2D eigenvalue weighted by Gasteiger charge is -2.19. The van der Waals surface area contributed by atoms with Gasteiger partial charge in [-0.1, -0.05) is 309 Å². The molecule has 0 aliphatic heterocycles. The Hall–Kier alpha value is -15.8. The van der Waals surface area contributed by atoms with Crippen molar-refractivity contribution in [3.05, 3.63) is 418 Å². The van der Waals surface area contributed by atoms with Gasteiger partial charge in [-0.2, -0.15) is 15.8 Å². The van der Waals surface area contributed by atoms with Crippen LogP contribution in [-0.2, 0) is 0 Å². The smallest absolute Gasteiger partial charge is 0.141 e. The lowest BCUT2D eigenvalue weighted by Crippen LogP contribution is -1.92. The topological polar surface area (TPSA) is 110 Å². The SMILES string of the molecule is N#Cc1cc(-c2ccc(-c3c4ccccc4c(-c4ccccc4)c4cc5ccccc5cc34)cc2)ccn1.N#Cc1ccnc(-c2ccc(-c3c4ccccc4c(-c4ccccc4)c4cc5ccccc5cc34)cc2)c1.N#Cc1cncc(-c2ccc(-c3c4ccccc4c(-c4ccccc4)c4cc5ccccc5cc34)cc2)c1. The van der Waals surface area contributed by atoms with Crippen molar-refractivity contribution in [2.75, 3.05) is 0 Å². The van der Waals surface area contributed by atoms with E-state index in [2.05, 4.69) is 379 Å². The maximum Gasteiger partial charge on any atom is 0.141 e. The highest BCUT2D eigenvalue weighted by Crippen LogP contribution is 2.49. The predicted molar refractivity (Wildman–Crippen MR) is 473 cm³/mol. The molecule has 0 fully saturated rings. The number of rotatable bonds is 9. The highest BCUT2D eigenvalue weighted by atomic mass is 14.7. The third-order valence-corrected chi connectivity index (χ3v) is 22.0. The first-order valence-electron chi connectivity index (χ1n) is 38.1. The Labute approximate surface area is 659 Å². The van der Waals surface area contributed by atoms with Crippen LogP contribution >= 0.6 is 0 Å². The minimum Gasteiger partial charge on any atom is -0.263 e. The van der Waals surface area contributed by atoms with Crippen LogP contribution in [0.5, 0.6) is 0 Å². The van der Waals surface area contributed by atoms with Gasteiger partial charge in [-0.15, -0.1) is 0 Å². The molecule has 18 aromatic carbocycles. The highest BCUT2D eigenvalue weighted by molar-refractivity contribution is 6.27. The van der Waals surface area contributed by atoms with Crippen LogP contribution < -0.4 is 0 Å². The second-order valence-electron chi connectivity index (χ2n) is 28.6. The molecule has 3 heterocycles. The number of hydrogen-bond acceptors (Lipinski definition) is 6. The highest BCUT2D eigenvalue weighted by Gasteiger charge is 2.22. The summed E-state index contributed by atoms with van der Waals surface area (Å²) in [4.78, 5) is 12.8. The van der Waals surface area contributed by atoms with Crippen molar-refractivity contribution in [1.82, 2.24) is 15.0 Å².